The van der Waals surface area contributed by atoms with Crippen LogP contribution in [-0.4, -0.2) is 23.9 Å². The van der Waals surface area contributed by atoms with Crippen LogP contribution in [-0.2, 0) is 12.6 Å². The van der Waals surface area contributed by atoms with Gasteiger partial charge in [-0.2, -0.15) is 24.1 Å². The first-order chi connectivity index (χ1) is 12.2. The third-order valence-electron chi connectivity index (χ3n) is 2.82. The Morgan fingerprint density at radius 1 is 0.778 bits per heavy atom. The van der Waals surface area contributed by atoms with Gasteiger partial charge in [0.25, 0.3) is 0 Å². The largest absolute Gasteiger partial charge is 0.523 e. The molecule has 2 rings (SSSR count). The lowest BCUT2D eigenvalue weighted by Crippen LogP contribution is -2.22. The number of aromatic nitrogens is 2. The van der Waals surface area contributed by atoms with E-state index >= 15 is 0 Å². The molecule has 0 saturated heterocycles. The fourth-order valence-corrected chi connectivity index (χ4v) is 2.81. The highest BCUT2D eigenvalue weighted by molar-refractivity contribution is 14.1. The van der Waals surface area contributed by atoms with Crippen molar-refractivity contribution >= 4 is 33.1 Å². The summed E-state index contributed by atoms with van der Waals surface area (Å²) in [6.07, 6.45) is 0. The SMILES string of the molecule is Cc1cc(C)nc(C)c1.Cc1cc(C)nc(C)c1.O=S(=O)(OI)C(F)(F)F. The van der Waals surface area contributed by atoms with Crippen LogP contribution in [0.2, 0.25) is 0 Å². The van der Waals surface area contributed by atoms with Gasteiger partial charge in [0.1, 0.15) is 23.0 Å². The van der Waals surface area contributed by atoms with Crippen molar-refractivity contribution in [2.24, 2.45) is 0 Å². The van der Waals surface area contributed by atoms with Crippen molar-refractivity contribution in [2.45, 2.75) is 47.1 Å². The summed E-state index contributed by atoms with van der Waals surface area (Å²) in [5.41, 5.74) is 1.69. The zero-order chi connectivity index (χ0) is 21.4. The second-order valence-electron chi connectivity index (χ2n) is 5.82. The van der Waals surface area contributed by atoms with E-state index in [1.807, 2.05) is 27.7 Å². The van der Waals surface area contributed by atoms with Crippen LogP contribution in [0.15, 0.2) is 24.3 Å². The molecule has 0 amide bonds. The van der Waals surface area contributed by atoms with E-state index in [1.165, 1.54) is 11.1 Å². The van der Waals surface area contributed by atoms with Gasteiger partial charge >= 0.3 is 15.6 Å². The van der Waals surface area contributed by atoms with Gasteiger partial charge in [0.05, 0.1) is 0 Å². The topological polar surface area (TPSA) is 69.2 Å². The molecule has 0 unspecified atom stereocenters. The van der Waals surface area contributed by atoms with Crippen LogP contribution in [0.1, 0.15) is 33.9 Å². The maximum absolute atomic E-state index is 11.1. The summed E-state index contributed by atoms with van der Waals surface area (Å²) < 4.78 is 55.8. The van der Waals surface area contributed by atoms with E-state index < -0.39 is 15.6 Å². The maximum Gasteiger partial charge on any atom is 0.523 e. The van der Waals surface area contributed by atoms with Crippen LogP contribution in [0.4, 0.5) is 13.2 Å². The standard InChI is InChI=1S/2C8H11N.CF3IO3S/c2*1-6-4-7(2)9-8(3)5-6;2-1(3,4)9(6,7)8-5/h2*4-5H,1-3H3;. The highest BCUT2D eigenvalue weighted by atomic mass is 127. The lowest BCUT2D eigenvalue weighted by Gasteiger charge is -2.01. The van der Waals surface area contributed by atoms with Crippen molar-refractivity contribution in [3.8, 4) is 0 Å². The summed E-state index contributed by atoms with van der Waals surface area (Å²) in [4.78, 5) is 8.47. The van der Waals surface area contributed by atoms with Crippen LogP contribution in [0, 0.1) is 41.5 Å². The number of halogens is 4. The number of aryl methyl sites for hydroxylation is 6. The molecule has 5 nitrogen and oxygen atoms in total. The first-order valence-electron chi connectivity index (χ1n) is 7.63. The summed E-state index contributed by atoms with van der Waals surface area (Å²) in [6, 6.07) is 8.31. The molecule has 0 aliphatic carbocycles. The number of alkyl halides is 3. The molecule has 0 bridgehead atoms. The molecule has 0 N–H and O–H groups in total. The van der Waals surface area contributed by atoms with Gasteiger partial charge in [0.2, 0.25) is 0 Å². The summed E-state index contributed by atoms with van der Waals surface area (Å²) >= 11 is 0.647. The molecule has 2 aromatic rings. The first-order valence-corrected chi connectivity index (χ1v) is 9.92. The zero-order valence-corrected chi connectivity index (χ0v) is 18.8. The molecule has 0 spiro atoms. The smallest absolute Gasteiger partial charge is 0.258 e. The minimum Gasteiger partial charge on any atom is -0.258 e. The Labute approximate surface area is 172 Å². The minimum atomic E-state index is -5.35. The predicted octanol–water partition coefficient (Wildman–Crippen LogP) is 5.22. The molecule has 0 fully saturated rings. The monoisotopic (exact) mass is 518 g/mol. The van der Waals surface area contributed by atoms with Crippen molar-refractivity contribution in [1.82, 2.24) is 9.97 Å². The van der Waals surface area contributed by atoms with Crippen LogP contribution in [0.5, 0.6) is 0 Å². The molecule has 10 heteroatoms. The molecule has 0 saturated carbocycles. The Morgan fingerprint density at radius 3 is 1.15 bits per heavy atom. The minimum absolute atomic E-state index is 0.647. The molecule has 27 heavy (non-hydrogen) atoms. The van der Waals surface area contributed by atoms with Crippen LogP contribution >= 0.6 is 23.0 Å². The molecule has 0 aromatic carbocycles. The second-order valence-corrected chi connectivity index (χ2v) is 8.39. The highest BCUT2D eigenvalue weighted by Gasteiger charge is 2.47. The maximum atomic E-state index is 11.1. The Kier molecular flexibility index (Phi) is 10.4. The average molecular weight is 518 g/mol. The van der Waals surface area contributed by atoms with Crippen molar-refractivity contribution in [1.29, 1.82) is 0 Å². The molecule has 152 valence electrons. The lowest BCUT2D eigenvalue weighted by atomic mass is 10.2. The van der Waals surface area contributed by atoms with Crippen LogP contribution in [0.3, 0.4) is 0 Å². The molecule has 0 atom stereocenters. The third-order valence-corrected chi connectivity index (χ3v) is 4.97. The van der Waals surface area contributed by atoms with Crippen LogP contribution in [0.25, 0.3) is 0 Å². The van der Waals surface area contributed by atoms with E-state index in [4.69, 9.17) is 0 Å². The van der Waals surface area contributed by atoms with Gasteiger partial charge < -0.3 is 0 Å². The zero-order valence-electron chi connectivity index (χ0n) is 15.8. The Bertz CT molecular complexity index is 707. The molecule has 0 aliphatic rings. The lowest BCUT2D eigenvalue weighted by molar-refractivity contribution is -0.0487. The molecule has 0 aliphatic heterocycles. The second kappa shape index (κ2) is 10.9. The third kappa shape index (κ3) is 10.6. The Morgan fingerprint density at radius 2 is 1.04 bits per heavy atom. The van der Waals surface area contributed by atoms with Gasteiger partial charge in [0.15, 0.2) is 0 Å². The van der Waals surface area contributed by atoms with Gasteiger partial charge in [-0.3, -0.25) is 9.97 Å². The van der Waals surface area contributed by atoms with Crippen molar-refractivity contribution < 1.29 is 24.1 Å². The van der Waals surface area contributed by atoms with Gasteiger partial charge in [-0.15, -0.1) is 0 Å². The van der Waals surface area contributed by atoms with Crippen LogP contribution < -0.4 is 0 Å². The highest BCUT2D eigenvalue weighted by Crippen LogP contribution is 2.25. The summed E-state index contributed by atoms with van der Waals surface area (Å²) in [6.45, 7) is 12.2. The van der Waals surface area contributed by atoms with E-state index in [0.29, 0.717) is 23.0 Å². The number of hydrogen-bond donors (Lipinski definition) is 0. The van der Waals surface area contributed by atoms with E-state index in [2.05, 4.69) is 50.6 Å². The molecular weight excluding hydrogens is 496 g/mol. The Balaban J connectivity index is 0.000000376. The summed E-state index contributed by atoms with van der Waals surface area (Å²) in [5.74, 6) is 0. The van der Waals surface area contributed by atoms with E-state index in [0.717, 1.165) is 22.8 Å². The van der Waals surface area contributed by atoms with Gasteiger partial charge in [-0.25, -0.2) is 0 Å². The molecule has 0 radical (unpaired) electrons. The number of hydrogen-bond acceptors (Lipinski definition) is 5. The van der Waals surface area contributed by atoms with E-state index in [9.17, 15) is 21.6 Å². The number of rotatable bonds is 1. The summed E-state index contributed by atoms with van der Waals surface area (Å²) in [5, 5.41) is 0. The average Bonchev–Trinajstić information content (AvgIpc) is 2.44. The van der Waals surface area contributed by atoms with Gasteiger partial charge in [-0.05, 0) is 76.9 Å². The van der Waals surface area contributed by atoms with Gasteiger partial charge in [0, 0.05) is 22.8 Å². The number of nitrogens with zero attached hydrogens (tertiary/aromatic N) is 2. The summed E-state index contributed by atoms with van der Waals surface area (Å²) in [7, 11) is -5.35. The van der Waals surface area contributed by atoms with Crippen molar-refractivity contribution in [2.75, 3.05) is 0 Å². The van der Waals surface area contributed by atoms with Crippen molar-refractivity contribution in [3.63, 3.8) is 0 Å². The van der Waals surface area contributed by atoms with E-state index in [-0.39, 0.29) is 0 Å². The quantitative estimate of drug-likeness (QED) is 0.383. The van der Waals surface area contributed by atoms with Gasteiger partial charge in [-0.1, -0.05) is 0 Å². The number of pyridine rings is 2. The fourth-order valence-electron chi connectivity index (χ4n) is 2.12. The molecule has 2 heterocycles. The Hall–Kier alpha value is -1.27. The normalized spacial score (nSPS) is 11.0. The first kappa shape index (κ1) is 25.7. The predicted molar refractivity (Wildman–Crippen MR) is 107 cm³/mol. The fraction of sp³-hybridized carbons (Fsp3) is 0.412. The van der Waals surface area contributed by atoms with E-state index in [1.54, 1.807) is 0 Å². The molecular formula is C17H22F3IN2O3S. The molecule has 2 aromatic heterocycles. The van der Waals surface area contributed by atoms with Crippen molar-refractivity contribution in [3.05, 3.63) is 58.2 Å².